The molecule has 0 spiro atoms. The summed E-state index contributed by atoms with van der Waals surface area (Å²) in [6.45, 7) is 5.84. The number of carbonyl (C=O) groups is 1. The number of thiophene rings is 1. The SMILES string of the molecule is CCC1NC(c2ccc(C)s2)N(CCC2CCCO2)C1=O. The standard InChI is InChI=1S/C16H24N2O2S/c1-3-13-16(19)18(9-8-12-5-4-10-20-12)15(17-13)14-7-6-11(2)21-14/h6-7,12-13,15,17H,3-5,8-10H2,1-2H3. The molecule has 1 aromatic rings. The molecular weight excluding hydrogens is 284 g/mol. The zero-order valence-electron chi connectivity index (χ0n) is 12.8. The molecule has 21 heavy (non-hydrogen) atoms. The molecule has 0 aliphatic carbocycles. The zero-order valence-corrected chi connectivity index (χ0v) is 13.6. The lowest BCUT2D eigenvalue weighted by atomic mass is 10.1. The Morgan fingerprint density at radius 2 is 2.33 bits per heavy atom. The number of hydrogen-bond donors (Lipinski definition) is 1. The summed E-state index contributed by atoms with van der Waals surface area (Å²) in [6.07, 6.45) is 4.46. The minimum atomic E-state index is -0.0399. The largest absolute Gasteiger partial charge is 0.378 e. The molecule has 2 aliphatic rings. The van der Waals surface area contributed by atoms with E-state index in [0.29, 0.717) is 6.10 Å². The quantitative estimate of drug-likeness (QED) is 0.909. The van der Waals surface area contributed by atoms with E-state index < -0.39 is 0 Å². The molecule has 1 amide bonds. The first kappa shape index (κ1) is 15.0. The van der Waals surface area contributed by atoms with Gasteiger partial charge in [0.1, 0.15) is 6.17 Å². The van der Waals surface area contributed by atoms with Crippen molar-refractivity contribution in [2.75, 3.05) is 13.2 Å². The number of carbonyl (C=O) groups excluding carboxylic acids is 1. The van der Waals surface area contributed by atoms with Gasteiger partial charge in [-0.1, -0.05) is 6.92 Å². The molecule has 1 N–H and O–H groups in total. The number of nitrogens with one attached hydrogen (secondary N) is 1. The monoisotopic (exact) mass is 308 g/mol. The minimum absolute atomic E-state index is 0.0399. The fourth-order valence-corrected chi connectivity index (χ4v) is 4.15. The van der Waals surface area contributed by atoms with Crippen LogP contribution in [0.1, 0.15) is 48.5 Å². The van der Waals surface area contributed by atoms with E-state index in [1.165, 1.54) is 9.75 Å². The summed E-state index contributed by atoms with van der Waals surface area (Å²) >= 11 is 1.77. The normalized spacial score (nSPS) is 29.5. The zero-order chi connectivity index (χ0) is 14.8. The van der Waals surface area contributed by atoms with Crippen molar-refractivity contribution < 1.29 is 9.53 Å². The van der Waals surface area contributed by atoms with E-state index in [1.54, 1.807) is 11.3 Å². The third-order valence-electron chi connectivity index (χ3n) is 4.41. The molecule has 116 valence electrons. The molecule has 0 aromatic carbocycles. The first-order valence-electron chi connectivity index (χ1n) is 7.93. The van der Waals surface area contributed by atoms with Gasteiger partial charge in [0, 0.05) is 22.9 Å². The molecular formula is C16H24N2O2S. The van der Waals surface area contributed by atoms with Crippen molar-refractivity contribution in [1.29, 1.82) is 0 Å². The number of amides is 1. The molecule has 3 rings (SSSR count). The van der Waals surface area contributed by atoms with Crippen LogP contribution in [0.15, 0.2) is 12.1 Å². The predicted octanol–water partition coefficient (Wildman–Crippen LogP) is 2.83. The second-order valence-electron chi connectivity index (χ2n) is 5.93. The van der Waals surface area contributed by atoms with Crippen LogP contribution in [0.2, 0.25) is 0 Å². The van der Waals surface area contributed by atoms with Crippen LogP contribution in [-0.4, -0.2) is 36.1 Å². The third kappa shape index (κ3) is 3.15. The average Bonchev–Trinajstić information content (AvgIpc) is 3.17. The molecule has 3 unspecified atom stereocenters. The smallest absolute Gasteiger partial charge is 0.241 e. The van der Waals surface area contributed by atoms with E-state index in [4.69, 9.17) is 4.74 Å². The molecule has 3 heterocycles. The summed E-state index contributed by atoms with van der Waals surface area (Å²) in [5.74, 6) is 0.242. The molecule has 0 saturated carbocycles. The summed E-state index contributed by atoms with van der Waals surface area (Å²) in [5.41, 5.74) is 0. The molecule has 5 heteroatoms. The first-order valence-corrected chi connectivity index (χ1v) is 8.75. The molecule has 2 aliphatic heterocycles. The van der Waals surface area contributed by atoms with Crippen molar-refractivity contribution in [3.63, 3.8) is 0 Å². The summed E-state index contributed by atoms with van der Waals surface area (Å²) in [6, 6.07) is 4.23. The maximum absolute atomic E-state index is 12.6. The Morgan fingerprint density at radius 1 is 1.48 bits per heavy atom. The van der Waals surface area contributed by atoms with Crippen molar-refractivity contribution in [1.82, 2.24) is 10.2 Å². The number of hydrogen-bond acceptors (Lipinski definition) is 4. The number of nitrogens with zero attached hydrogens (tertiary/aromatic N) is 1. The van der Waals surface area contributed by atoms with Crippen LogP contribution in [-0.2, 0) is 9.53 Å². The van der Waals surface area contributed by atoms with Gasteiger partial charge >= 0.3 is 0 Å². The summed E-state index contributed by atoms with van der Waals surface area (Å²) in [7, 11) is 0. The maximum atomic E-state index is 12.6. The van der Waals surface area contributed by atoms with Crippen molar-refractivity contribution >= 4 is 17.2 Å². The van der Waals surface area contributed by atoms with E-state index in [1.807, 2.05) is 4.90 Å². The molecule has 2 saturated heterocycles. The van der Waals surface area contributed by atoms with Crippen molar-refractivity contribution in [2.24, 2.45) is 0 Å². The molecule has 0 bridgehead atoms. The van der Waals surface area contributed by atoms with Gasteiger partial charge in [-0.2, -0.15) is 0 Å². The van der Waals surface area contributed by atoms with Crippen molar-refractivity contribution in [2.45, 2.75) is 57.8 Å². The van der Waals surface area contributed by atoms with Crippen molar-refractivity contribution in [3.05, 3.63) is 21.9 Å². The Balaban J connectivity index is 1.71. The van der Waals surface area contributed by atoms with Gasteiger partial charge in [0.25, 0.3) is 0 Å². The highest BCUT2D eigenvalue weighted by Crippen LogP contribution is 2.31. The van der Waals surface area contributed by atoms with Gasteiger partial charge < -0.3 is 9.64 Å². The van der Waals surface area contributed by atoms with Crippen LogP contribution in [0.25, 0.3) is 0 Å². The van der Waals surface area contributed by atoms with Crippen LogP contribution in [0.3, 0.4) is 0 Å². The highest BCUT2D eigenvalue weighted by Gasteiger charge is 2.39. The Bertz CT molecular complexity index is 496. The third-order valence-corrected chi connectivity index (χ3v) is 5.46. The van der Waals surface area contributed by atoms with Crippen molar-refractivity contribution in [3.8, 4) is 0 Å². The van der Waals surface area contributed by atoms with Gasteiger partial charge in [-0.05, 0) is 44.7 Å². The highest BCUT2D eigenvalue weighted by atomic mass is 32.1. The summed E-state index contributed by atoms with van der Waals surface area (Å²) in [5, 5.41) is 3.49. The Morgan fingerprint density at radius 3 is 2.95 bits per heavy atom. The molecule has 3 atom stereocenters. The van der Waals surface area contributed by atoms with E-state index >= 15 is 0 Å². The number of ether oxygens (including phenoxy) is 1. The Labute approximate surface area is 130 Å². The summed E-state index contributed by atoms with van der Waals surface area (Å²) < 4.78 is 5.69. The summed E-state index contributed by atoms with van der Waals surface area (Å²) in [4.78, 5) is 17.1. The van der Waals surface area contributed by atoms with Crippen LogP contribution >= 0.6 is 11.3 Å². The van der Waals surface area contributed by atoms with Crippen LogP contribution < -0.4 is 5.32 Å². The van der Waals surface area contributed by atoms with E-state index in [9.17, 15) is 4.79 Å². The van der Waals surface area contributed by atoms with Crippen LogP contribution in [0, 0.1) is 6.92 Å². The van der Waals surface area contributed by atoms with Gasteiger partial charge in [-0.3, -0.25) is 10.1 Å². The van der Waals surface area contributed by atoms with Crippen LogP contribution in [0.5, 0.6) is 0 Å². The lowest BCUT2D eigenvalue weighted by molar-refractivity contribution is -0.130. The molecule has 4 nitrogen and oxygen atoms in total. The van der Waals surface area contributed by atoms with Crippen LogP contribution in [0.4, 0.5) is 0 Å². The van der Waals surface area contributed by atoms with Gasteiger partial charge in [-0.15, -0.1) is 11.3 Å². The fourth-order valence-electron chi connectivity index (χ4n) is 3.20. The van der Waals surface area contributed by atoms with E-state index in [0.717, 1.165) is 38.8 Å². The fraction of sp³-hybridized carbons (Fsp3) is 0.688. The highest BCUT2D eigenvalue weighted by molar-refractivity contribution is 7.12. The topological polar surface area (TPSA) is 41.6 Å². The molecule has 0 radical (unpaired) electrons. The average molecular weight is 308 g/mol. The molecule has 2 fully saturated rings. The van der Waals surface area contributed by atoms with Gasteiger partial charge in [0.05, 0.1) is 12.1 Å². The lowest BCUT2D eigenvalue weighted by Crippen LogP contribution is -2.33. The van der Waals surface area contributed by atoms with Gasteiger partial charge in [0.15, 0.2) is 0 Å². The number of rotatable bonds is 5. The minimum Gasteiger partial charge on any atom is -0.378 e. The predicted molar refractivity (Wildman–Crippen MR) is 84.3 cm³/mol. The second-order valence-corrected chi connectivity index (χ2v) is 7.25. The Hall–Kier alpha value is -0.910. The number of aryl methyl sites for hydroxylation is 1. The first-order chi connectivity index (χ1) is 10.2. The maximum Gasteiger partial charge on any atom is 0.241 e. The molecule has 1 aromatic heterocycles. The van der Waals surface area contributed by atoms with Gasteiger partial charge in [0.2, 0.25) is 5.91 Å². The second kappa shape index (κ2) is 6.46. The van der Waals surface area contributed by atoms with E-state index in [2.05, 4.69) is 31.3 Å². The van der Waals surface area contributed by atoms with Gasteiger partial charge in [-0.25, -0.2) is 0 Å². The van der Waals surface area contributed by atoms with E-state index in [-0.39, 0.29) is 18.1 Å². The lowest BCUT2D eigenvalue weighted by Gasteiger charge is -2.24. The Kier molecular flexibility index (Phi) is 4.62.